The Kier molecular flexibility index (Phi) is 10.9. The van der Waals surface area contributed by atoms with Gasteiger partial charge in [0, 0.05) is 19.8 Å². The average Bonchev–Trinajstić information content (AvgIpc) is 2.57. The molecule has 1 rings (SSSR count). The quantitative estimate of drug-likeness (QED) is 0.414. The Labute approximate surface area is 153 Å². The van der Waals surface area contributed by atoms with E-state index in [0.717, 1.165) is 44.4 Å². The molecule has 0 unspecified atom stereocenters. The average molecular weight is 378 g/mol. The molecule has 0 aliphatic rings. The minimum atomic E-state index is -4.83. The zero-order valence-electron chi connectivity index (χ0n) is 15.3. The first-order valence-corrected chi connectivity index (χ1v) is 9.13. The highest BCUT2D eigenvalue weighted by Crippen LogP contribution is 2.34. The lowest BCUT2D eigenvalue weighted by Gasteiger charge is -2.12. The van der Waals surface area contributed by atoms with Gasteiger partial charge in [0.15, 0.2) is 11.5 Å². The van der Waals surface area contributed by atoms with E-state index in [1.807, 2.05) is 0 Å². The van der Waals surface area contributed by atoms with Crippen molar-refractivity contribution in [1.82, 2.24) is 0 Å². The van der Waals surface area contributed by atoms with E-state index in [2.05, 4.69) is 4.74 Å². The third-order valence-corrected chi connectivity index (χ3v) is 3.92. The van der Waals surface area contributed by atoms with Gasteiger partial charge in [0.25, 0.3) is 0 Å². The van der Waals surface area contributed by atoms with Crippen molar-refractivity contribution in [3.63, 3.8) is 0 Å². The lowest BCUT2D eigenvalue weighted by Crippen LogP contribution is -2.17. The van der Waals surface area contributed by atoms with E-state index in [9.17, 15) is 18.3 Å². The summed E-state index contributed by atoms with van der Waals surface area (Å²) in [5, 5.41) is 9.53. The number of alkyl halides is 3. The fourth-order valence-electron chi connectivity index (χ4n) is 2.57. The van der Waals surface area contributed by atoms with E-state index in [1.165, 1.54) is 38.2 Å². The van der Waals surface area contributed by atoms with E-state index < -0.39 is 17.9 Å². The second kappa shape index (κ2) is 12.7. The number of halogens is 3. The first kappa shape index (κ1) is 22.4. The topological polar surface area (TPSA) is 47.9 Å². The molecule has 1 N–H and O–H groups in total. The molecule has 0 heterocycles. The van der Waals surface area contributed by atoms with Gasteiger partial charge in [-0.25, -0.2) is 0 Å². The van der Waals surface area contributed by atoms with E-state index >= 15 is 0 Å². The molecule has 1 aromatic rings. The number of rotatable bonds is 14. The van der Waals surface area contributed by atoms with E-state index in [0.29, 0.717) is 12.4 Å². The van der Waals surface area contributed by atoms with Crippen LogP contribution in [0.15, 0.2) is 18.2 Å². The van der Waals surface area contributed by atoms with Crippen LogP contribution in [0, 0.1) is 0 Å². The van der Waals surface area contributed by atoms with Crippen molar-refractivity contribution < 1.29 is 32.5 Å². The van der Waals surface area contributed by atoms with Crippen molar-refractivity contribution in [3.05, 3.63) is 18.2 Å². The Morgan fingerprint density at radius 1 is 0.846 bits per heavy atom. The summed E-state index contributed by atoms with van der Waals surface area (Å²) in [5.74, 6) is -0.898. The van der Waals surface area contributed by atoms with Crippen molar-refractivity contribution >= 4 is 0 Å². The molecule has 0 radical (unpaired) electrons. The smallest absolute Gasteiger partial charge is 0.504 e. The zero-order valence-corrected chi connectivity index (χ0v) is 15.3. The van der Waals surface area contributed by atoms with Crippen LogP contribution in [-0.2, 0) is 4.74 Å². The van der Waals surface area contributed by atoms with Gasteiger partial charge in [-0.2, -0.15) is 0 Å². The minimum Gasteiger partial charge on any atom is -0.504 e. The Morgan fingerprint density at radius 3 is 1.88 bits per heavy atom. The van der Waals surface area contributed by atoms with Crippen LogP contribution >= 0.6 is 0 Å². The first-order chi connectivity index (χ1) is 12.4. The van der Waals surface area contributed by atoms with Gasteiger partial charge >= 0.3 is 6.36 Å². The Bertz CT molecular complexity index is 492. The van der Waals surface area contributed by atoms with Crippen molar-refractivity contribution in [3.8, 4) is 17.2 Å². The Hall–Kier alpha value is -1.63. The molecule has 0 saturated carbocycles. The predicted molar refractivity (Wildman–Crippen MR) is 93.7 cm³/mol. The summed E-state index contributed by atoms with van der Waals surface area (Å²) in [6.07, 6.45) is 5.54. The van der Waals surface area contributed by atoms with Crippen molar-refractivity contribution in [2.45, 2.75) is 64.1 Å². The number of hydrogen-bond donors (Lipinski definition) is 1. The van der Waals surface area contributed by atoms with E-state index in [-0.39, 0.29) is 0 Å². The maximum absolute atomic E-state index is 12.1. The van der Waals surface area contributed by atoms with Crippen LogP contribution in [-0.4, -0.2) is 31.8 Å². The van der Waals surface area contributed by atoms with Gasteiger partial charge in [0.1, 0.15) is 5.75 Å². The minimum absolute atomic E-state index is 0.327. The van der Waals surface area contributed by atoms with Gasteiger partial charge < -0.3 is 19.3 Å². The van der Waals surface area contributed by atoms with Crippen LogP contribution in [0.1, 0.15) is 57.8 Å². The first-order valence-electron chi connectivity index (χ1n) is 9.13. The molecular formula is C19H29F3O4. The van der Waals surface area contributed by atoms with E-state index in [1.54, 1.807) is 7.11 Å². The van der Waals surface area contributed by atoms with Crippen LogP contribution in [0.2, 0.25) is 0 Å². The third kappa shape index (κ3) is 11.1. The van der Waals surface area contributed by atoms with Crippen LogP contribution in [0.5, 0.6) is 17.2 Å². The molecule has 26 heavy (non-hydrogen) atoms. The van der Waals surface area contributed by atoms with Gasteiger partial charge in [-0.1, -0.05) is 44.9 Å². The second-order valence-electron chi connectivity index (χ2n) is 6.20. The van der Waals surface area contributed by atoms with Crippen molar-refractivity contribution in [1.29, 1.82) is 0 Å². The number of aromatic hydroxyl groups is 1. The highest BCUT2D eigenvalue weighted by Gasteiger charge is 2.32. The largest absolute Gasteiger partial charge is 0.573 e. The number of hydrogen-bond acceptors (Lipinski definition) is 4. The summed E-state index contributed by atoms with van der Waals surface area (Å²) in [6, 6.07) is 3.53. The van der Waals surface area contributed by atoms with Gasteiger partial charge in [0.05, 0.1) is 6.61 Å². The highest BCUT2D eigenvalue weighted by molar-refractivity contribution is 5.44. The highest BCUT2D eigenvalue weighted by atomic mass is 19.4. The molecule has 0 aromatic heterocycles. The number of benzene rings is 1. The van der Waals surface area contributed by atoms with Crippen LogP contribution in [0.4, 0.5) is 13.2 Å². The lowest BCUT2D eigenvalue weighted by molar-refractivity contribution is -0.275. The van der Waals surface area contributed by atoms with Crippen molar-refractivity contribution in [2.24, 2.45) is 0 Å². The fourth-order valence-corrected chi connectivity index (χ4v) is 2.57. The monoisotopic (exact) mass is 378 g/mol. The second-order valence-corrected chi connectivity index (χ2v) is 6.20. The number of phenolic OH excluding ortho intramolecular Hbond substituents is 1. The summed E-state index contributed by atoms with van der Waals surface area (Å²) >= 11 is 0. The summed E-state index contributed by atoms with van der Waals surface area (Å²) in [6.45, 7) is 1.31. The predicted octanol–water partition coefficient (Wildman–Crippen LogP) is 5.83. The van der Waals surface area contributed by atoms with E-state index in [4.69, 9.17) is 9.47 Å². The maximum Gasteiger partial charge on any atom is 0.573 e. The fraction of sp³-hybridized carbons (Fsp3) is 0.684. The molecule has 0 fully saturated rings. The summed E-state index contributed by atoms with van der Waals surface area (Å²) in [5.41, 5.74) is 0. The van der Waals surface area contributed by atoms with Gasteiger partial charge in [-0.15, -0.1) is 13.2 Å². The standard InChI is InChI=1S/C19H29F3O4/c1-24-13-9-7-5-3-2-4-6-8-10-14-25-16-11-12-18(17(23)15-16)26-19(20,21)22/h11-12,15,23H,2-10,13-14H2,1H3. The molecule has 1 aromatic carbocycles. The zero-order chi connectivity index (χ0) is 19.3. The van der Waals surface area contributed by atoms with Crippen LogP contribution < -0.4 is 9.47 Å². The number of ether oxygens (including phenoxy) is 3. The summed E-state index contributed by atoms with van der Waals surface area (Å²) in [7, 11) is 1.73. The van der Waals surface area contributed by atoms with Gasteiger partial charge in [0.2, 0.25) is 0 Å². The normalized spacial score (nSPS) is 11.5. The number of methoxy groups -OCH3 is 1. The third-order valence-electron chi connectivity index (χ3n) is 3.92. The molecule has 0 aliphatic carbocycles. The molecule has 7 heteroatoms. The summed E-state index contributed by atoms with van der Waals surface area (Å²) in [4.78, 5) is 0. The SMILES string of the molecule is COCCCCCCCCCCCOc1ccc(OC(F)(F)F)c(O)c1. The molecule has 4 nitrogen and oxygen atoms in total. The molecule has 0 amide bonds. The Balaban J connectivity index is 2.05. The summed E-state index contributed by atoms with van der Waals surface area (Å²) < 4.78 is 50.5. The molecule has 0 spiro atoms. The number of unbranched alkanes of at least 4 members (excludes halogenated alkanes) is 8. The van der Waals surface area contributed by atoms with Gasteiger partial charge in [-0.3, -0.25) is 0 Å². The maximum atomic E-state index is 12.1. The molecule has 150 valence electrons. The van der Waals surface area contributed by atoms with Crippen LogP contribution in [0.3, 0.4) is 0 Å². The van der Waals surface area contributed by atoms with Crippen LogP contribution in [0.25, 0.3) is 0 Å². The molecule has 0 atom stereocenters. The molecule has 0 bridgehead atoms. The van der Waals surface area contributed by atoms with Gasteiger partial charge in [-0.05, 0) is 25.0 Å². The molecule has 0 saturated heterocycles. The number of phenols is 1. The Morgan fingerprint density at radius 2 is 1.38 bits per heavy atom. The molecule has 0 aliphatic heterocycles. The lowest BCUT2D eigenvalue weighted by atomic mass is 10.1. The molecular weight excluding hydrogens is 349 g/mol. The van der Waals surface area contributed by atoms with Crippen molar-refractivity contribution in [2.75, 3.05) is 20.3 Å².